The fraction of sp³-hybridized carbons (Fsp3) is 0.500. The number of hydrogen-bond acceptors (Lipinski definition) is 3. The fourth-order valence-corrected chi connectivity index (χ4v) is 5.31. The zero-order valence-corrected chi connectivity index (χ0v) is 14.7. The van der Waals surface area contributed by atoms with E-state index in [1.807, 2.05) is 24.3 Å². The Hall–Kier alpha value is -1.10. The Labute approximate surface area is 145 Å². The summed E-state index contributed by atoms with van der Waals surface area (Å²) in [6, 6.07) is 8.35. The van der Waals surface area contributed by atoms with Gasteiger partial charge in [0.05, 0.1) is 5.02 Å². The molecule has 23 heavy (non-hydrogen) atoms. The van der Waals surface area contributed by atoms with E-state index in [4.69, 9.17) is 11.6 Å². The highest BCUT2D eigenvalue weighted by atomic mass is 35.5. The van der Waals surface area contributed by atoms with Crippen LogP contribution in [0.3, 0.4) is 0 Å². The molecule has 0 aliphatic carbocycles. The lowest BCUT2D eigenvalue weighted by Gasteiger charge is -2.28. The molecule has 1 unspecified atom stereocenters. The summed E-state index contributed by atoms with van der Waals surface area (Å²) in [5.74, 6) is 0.123. The Morgan fingerprint density at radius 2 is 1.96 bits per heavy atom. The quantitative estimate of drug-likeness (QED) is 0.827. The van der Waals surface area contributed by atoms with E-state index in [2.05, 4.69) is 9.80 Å². The molecule has 3 nitrogen and oxygen atoms in total. The van der Waals surface area contributed by atoms with Gasteiger partial charge in [0.1, 0.15) is 4.88 Å². The molecule has 2 aliphatic rings. The summed E-state index contributed by atoms with van der Waals surface area (Å²) < 4.78 is 1.09. The van der Waals surface area contributed by atoms with Crippen LogP contribution in [-0.2, 0) is 0 Å². The summed E-state index contributed by atoms with van der Waals surface area (Å²) in [6.07, 6.45) is 4.81. The van der Waals surface area contributed by atoms with Crippen molar-refractivity contribution < 1.29 is 4.79 Å². The predicted molar refractivity (Wildman–Crippen MR) is 96.6 cm³/mol. The van der Waals surface area contributed by atoms with E-state index in [1.165, 1.54) is 37.3 Å². The lowest BCUT2D eigenvalue weighted by Crippen LogP contribution is -2.42. The molecule has 0 radical (unpaired) electrons. The van der Waals surface area contributed by atoms with Crippen LogP contribution < -0.4 is 0 Å². The van der Waals surface area contributed by atoms with Crippen molar-refractivity contribution in [2.45, 2.75) is 31.7 Å². The number of benzene rings is 1. The lowest BCUT2D eigenvalue weighted by molar-refractivity contribution is 0.0714. The minimum absolute atomic E-state index is 0.123. The number of thiophene rings is 1. The highest BCUT2D eigenvalue weighted by Gasteiger charge is 2.33. The molecule has 2 aliphatic heterocycles. The van der Waals surface area contributed by atoms with Crippen LogP contribution in [-0.4, -0.2) is 47.9 Å². The molecular formula is C18H21ClN2OS. The van der Waals surface area contributed by atoms with Gasteiger partial charge in [-0.05, 0) is 44.8 Å². The molecule has 5 heteroatoms. The van der Waals surface area contributed by atoms with Crippen molar-refractivity contribution in [3.63, 3.8) is 0 Å². The van der Waals surface area contributed by atoms with Crippen molar-refractivity contribution in [1.82, 2.24) is 9.80 Å². The Morgan fingerprint density at radius 1 is 1.17 bits per heavy atom. The number of fused-ring (bicyclic) bond motifs is 1. The minimum atomic E-state index is 0.123. The number of halogens is 1. The molecule has 3 heterocycles. The van der Waals surface area contributed by atoms with Gasteiger partial charge in [-0.15, -0.1) is 11.3 Å². The van der Waals surface area contributed by atoms with Gasteiger partial charge in [-0.2, -0.15) is 0 Å². The van der Waals surface area contributed by atoms with E-state index >= 15 is 0 Å². The maximum atomic E-state index is 13.1. The van der Waals surface area contributed by atoms with Gasteiger partial charge >= 0.3 is 0 Å². The molecule has 1 aromatic carbocycles. The van der Waals surface area contributed by atoms with Crippen molar-refractivity contribution in [2.24, 2.45) is 0 Å². The molecule has 1 atom stereocenters. The molecule has 0 N–H and O–H groups in total. The summed E-state index contributed by atoms with van der Waals surface area (Å²) in [6.45, 7) is 4.25. The van der Waals surface area contributed by atoms with E-state index in [9.17, 15) is 4.79 Å². The largest absolute Gasteiger partial charge is 0.334 e. The molecule has 2 aromatic rings. The topological polar surface area (TPSA) is 23.6 Å². The van der Waals surface area contributed by atoms with Crippen molar-refractivity contribution in [3.05, 3.63) is 34.2 Å². The Bertz CT molecular complexity index is 723. The van der Waals surface area contributed by atoms with Crippen molar-refractivity contribution >= 4 is 38.9 Å². The third-order valence-electron chi connectivity index (χ3n) is 5.03. The average molecular weight is 349 g/mol. The van der Waals surface area contributed by atoms with Gasteiger partial charge in [-0.25, -0.2) is 0 Å². The van der Waals surface area contributed by atoms with Crippen LogP contribution in [0.5, 0.6) is 0 Å². The van der Waals surface area contributed by atoms with Gasteiger partial charge in [0, 0.05) is 29.2 Å². The van der Waals surface area contributed by atoms with Gasteiger partial charge < -0.3 is 9.80 Å². The monoisotopic (exact) mass is 348 g/mol. The molecule has 2 fully saturated rings. The third-order valence-corrected chi connectivity index (χ3v) is 6.70. The number of hydrogen-bond donors (Lipinski definition) is 0. The van der Waals surface area contributed by atoms with E-state index in [1.54, 1.807) is 0 Å². The molecule has 0 spiro atoms. The number of carbonyl (C=O) groups excluding carboxylic acids is 1. The number of rotatable bonds is 3. The van der Waals surface area contributed by atoms with Gasteiger partial charge in [-0.1, -0.05) is 29.8 Å². The van der Waals surface area contributed by atoms with Gasteiger partial charge in [0.25, 0.3) is 5.91 Å². The van der Waals surface area contributed by atoms with Crippen LogP contribution in [0.1, 0.15) is 35.4 Å². The Balaban J connectivity index is 1.57. The lowest BCUT2D eigenvalue weighted by atomic mass is 10.2. The summed E-state index contributed by atoms with van der Waals surface area (Å²) in [5.41, 5.74) is 0. The highest BCUT2D eigenvalue weighted by molar-refractivity contribution is 7.21. The summed E-state index contributed by atoms with van der Waals surface area (Å²) in [7, 11) is 0. The van der Waals surface area contributed by atoms with E-state index in [0.29, 0.717) is 15.9 Å². The summed E-state index contributed by atoms with van der Waals surface area (Å²) in [4.78, 5) is 18.3. The van der Waals surface area contributed by atoms with E-state index < -0.39 is 0 Å². The Kier molecular flexibility index (Phi) is 4.31. The zero-order chi connectivity index (χ0) is 15.8. The van der Waals surface area contributed by atoms with E-state index in [0.717, 1.165) is 36.0 Å². The first kappa shape index (κ1) is 15.4. The molecular weight excluding hydrogens is 328 g/mol. The first-order valence-corrected chi connectivity index (χ1v) is 9.64. The number of likely N-dealkylation sites (tertiary alicyclic amines) is 2. The van der Waals surface area contributed by atoms with Crippen LogP contribution in [0.15, 0.2) is 24.3 Å². The number of amides is 1. The predicted octanol–water partition coefficient (Wildman–Crippen LogP) is 4.26. The van der Waals surface area contributed by atoms with Crippen molar-refractivity contribution in [1.29, 1.82) is 0 Å². The molecule has 0 saturated carbocycles. The first-order valence-electron chi connectivity index (χ1n) is 8.44. The van der Waals surface area contributed by atoms with Crippen LogP contribution in [0.25, 0.3) is 10.1 Å². The molecule has 122 valence electrons. The second-order valence-corrected chi connectivity index (χ2v) is 7.97. The van der Waals surface area contributed by atoms with Crippen LogP contribution in [0.4, 0.5) is 0 Å². The summed E-state index contributed by atoms with van der Waals surface area (Å²) in [5, 5.41) is 1.63. The molecule has 4 rings (SSSR count). The highest BCUT2D eigenvalue weighted by Crippen LogP contribution is 2.37. The second kappa shape index (κ2) is 6.42. The summed E-state index contributed by atoms with van der Waals surface area (Å²) >= 11 is 8.03. The molecule has 0 bridgehead atoms. The van der Waals surface area contributed by atoms with Crippen LogP contribution in [0.2, 0.25) is 5.02 Å². The third kappa shape index (κ3) is 2.88. The number of nitrogens with zero attached hydrogens (tertiary/aromatic N) is 2. The maximum absolute atomic E-state index is 13.1. The molecule has 2 saturated heterocycles. The SMILES string of the molecule is O=C(c1sc2ccccc2c1Cl)N1CCCC1CN1CCCC1. The van der Waals surface area contributed by atoms with Crippen molar-refractivity contribution in [2.75, 3.05) is 26.2 Å². The molecule has 1 aromatic heterocycles. The average Bonchev–Trinajstić information content (AvgIpc) is 3.29. The van der Waals surface area contributed by atoms with E-state index in [-0.39, 0.29) is 5.91 Å². The number of carbonyl (C=O) groups is 1. The van der Waals surface area contributed by atoms with Gasteiger partial charge in [0.15, 0.2) is 0 Å². The van der Waals surface area contributed by atoms with Crippen LogP contribution in [0, 0.1) is 0 Å². The standard InChI is InChI=1S/C18H21ClN2OS/c19-16-14-7-1-2-8-15(14)23-17(16)18(22)21-11-5-6-13(21)12-20-9-3-4-10-20/h1-2,7-8,13H,3-6,9-12H2. The smallest absolute Gasteiger partial charge is 0.265 e. The second-order valence-electron chi connectivity index (χ2n) is 6.54. The van der Waals surface area contributed by atoms with Gasteiger partial charge in [0.2, 0.25) is 0 Å². The fourth-order valence-electron chi connectivity index (χ4n) is 3.84. The van der Waals surface area contributed by atoms with Gasteiger partial charge in [-0.3, -0.25) is 4.79 Å². The Morgan fingerprint density at radius 3 is 2.74 bits per heavy atom. The molecule has 1 amide bonds. The van der Waals surface area contributed by atoms with Crippen LogP contribution >= 0.6 is 22.9 Å². The first-order chi connectivity index (χ1) is 11.2. The maximum Gasteiger partial charge on any atom is 0.265 e. The normalized spacial score (nSPS) is 22.3. The van der Waals surface area contributed by atoms with Crippen molar-refractivity contribution in [3.8, 4) is 0 Å². The zero-order valence-electron chi connectivity index (χ0n) is 13.1. The minimum Gasteiger partial charge on any atom is -0.334 e.